The van der Waals surface area contributed by atoms with Gasteiger partial charge in [0.1, 0.15) is 37.0 Å². The molecule has 1 saturated heterocycles. The molecule has 0 unspecified atom stereocenters. The maximum absolute atomic E-state index is 13.0. The number of nitrogens with one attached hydrogen (secondary N) is 1. The molecule has 2 heterocycles. The fourth-order valence-corrected chi connectivity index (χ4v) is 3.56. The van der Waals surface area contributed by atoms with Gasteiger partial charge in [0, 0.05) is 12.1 Å². The van der Waals surface area contributed by atoms with Gasteiger partial charge < -0.3 is 19.1 Å². The third-order valence-electron chi connectivity index (χ3n) is 4.92. The van der Waals surface area contributed by atoms with Crippen molar-refractivity contribution in [1.29, 1.82) is 0 Å². The molecule has 7 nitrogen and oxygen atoms in total. The lowest BCUT2D eigenvalue weighted by molar-refractivity contribution is -0.933. The Morgan fingerprint density at radius 1 is 1.21 bits per heavy atom. The minimum atomic E-state index is -0.397. The van der Waals surface area contributed by atoms with E-state index in [1.165, 1.54) is 23.1 Å². The van der Waals surface area contributed by atoms with Crippen LogP contribution in [-0.4, -0.2) is 37.8 Å². The molecule has 0 aliphatic carbocycles. The Morgan fingerprint density at radius 3 is 2.68 bits per heavy atom. The molecular weight excluding hydrogens is 367 g/mol. The average Bonchev–Trinajstić information content (AvgIpc) is 3.07. The second-order valence-electron chi connectivity index (χ2n) is 6.66. The Balaban J connectivity index is 1.57. The van der Waals surface area contributed by atoms with E-state index in [-0.39, 0.29) is 24.2 Å². The molecule has 0 spiro atoms. The number of nitrogens with zero attached hydrogens (tertiary/aromatic N) is 1. The van der Waals surface area contributed by atoms with Gasteiger partial charge in [0.2, 0.25) is 0 Å². The van der Waals surface area contributed by atoms with Crippen LogP contribution < -0.4 is 14.4 Å². The predicted molar refractivity (Wildman–Crippen MR) is 98.0 cm³/mol. The van der Waals surface area contributed by atoms with Gasteiger partial charge in [-0.3, -0.25) is 10.1 Å². The van der Waals surface area contributed by atoms with Crippen molar-refractivity contribution < 1.29 is 28.4 Å². The van der Waals surface area contributed by atoms with Gasteiger partial charge in [-0.15, -0.1) is 0 Å². The van der Waals surface area contributed by atoms with Gasteiger partial charge in [-0.1, -0.05) is 0 Å². The summed E-state index contributed by atoms with van der Waals surface area (Å²) in [6.45, 7) is 3.08. The van der Waals surface area contributed by atoms with E-state index in [2.05, 4.69) is 0 Å². The van der Waals surface area contributed by atoms with Crippen LogP contribution in [0.4, 0.5) is 10.1 Å². The van der Waals surface area contributed by atoms with E-state index in [1.54, 1.807) is 24.3 Å². The van der Waals surface area contributed by atoms with Crippen LogP contribution in [0.3, 0.4) is 0 Å². The molecule has 1 N–H and O–H groups in total. The first kappa shape index (κ1) is 18.4. The maximum atomic E-state index is 13.0. The van der Waals surface area contributed by atoms with E-state index in [9.17, 15) is 14.5 Å². The Kier molecular flexibility index (Phi) is 5.23. The molecule has 2 aliphatic rings. The normalized spacial score (nSPS) is 20.6. The minimum absolute atomic E-state index is 0.0452. The zero-order valence-electron chi connectivity index (χ0n) is 15.1. The van der Waals surface area contributed by atoms with Crippen LogP contribution in [0.1, 0.15) is 11.6 Å². The topological polar surface area (TPSA) is 75.3 Å². The van der Waals surface area contributed by atoms with Crippen LogP contribution in [0.25, 0.3) is 0 Å². The highest BCUT2D eigenvalue weighted by Crippen LogP contribution is 2.39. The van der Waals surface area contributed by atoms with Crippen molar-refractivity contribution in [1.82, 2.24) is 0 Å². The molecule has 1 fully saturated rings. The first-order chi connectivity index (χ1) is 13.6. The summed E-state index contributed by atoms with van der Waals surface area (Å²) in [6.07, 6.45) is 1.84. The number of ether oxygens (including phenoxy) is 3. The summed E-state index contributed by atoms with van der Waals surface area (Å²) < 4.78 is 30.1. The lowest BCUT2D eigenvalue weighted by Crippen LogP contribution is -3.14. The monoisotopic (exact) mass is 387 g/mol. The highest BCUT2D eigenvalue weighted by Gasteiger charge is 2.39. The van der Waals surface area contributed by atoms with Crippen molar-refractivity contribution in [3.63, 3.8) is 0 Å². The maximum Gasteiger partial charge on any atom is 0.270 e. The molecule has 2 aromatic carbocycles. The predicted octanol–water partition coefficient (Wildman–Crippen LogP) is 2.05. The Labute approximate surface area is 161 Å². The molecule has 0 bridgehead atoms. The summed E-state index contributed by atoms with van der Waals surface area (Å²) in [6, 6.07) is 10.3. The highest BCUT2D eigenvalue weighted by atomic mass is 19.1. The highest BCUT2D eigenvalue weighted by molar-refractivity contribution is 5.50. The minimum Gasteiger partial charge on any atom is -0.489 e. The number of rotatable bonds is 5. The van der Waals surface area contributed by atoms with Crippen LogP contribution in [-0.2, 0) is 4.74 Å². The number of nitro benzene ring substituents is 1. The van der Waals surface area contributed by atoms with Gasteiger partial charge in [0.05, 0.1) is 23.7 Å². The van der Waals surface area contributed by atoms with Crippen molar-refractivity contribution >= 4 is 5.69 Å². The second-order valence-corrected chi connectivity index (χ2v) is 6.66. The van der Waals surface area contributed by atoms with Gasteiger partial charge in [-0.25, -0.2) is 4.39 Å². The quantitative estimate of drug-likeness (QED) is 0.628. The fraction of sp³-hybridized carbons (Fsp3) is 0.300. The molecule has 2 aromatic rings. The van der Waals surface area contributed by atoms with Gasteiger partial charge in [0.25, 0.3) is 5.69 Å². The number of fused-ring (bicyclic) bond motifs is 1. The van der Waals surface area contributed by atoms with Crippen molar-refractivity contribution in [2.45, 2.75) is 6.04 Å². The van der Waals surface area contributed by atoms with E-state index in [1.807, 2.05) is 6.08 Å². The molecule has 0 aromatic heterocycles. The van der Waals surface area contributed by atoms with E-state index in [4.69, 9.17) is 14.2 Å². The summed E-state index contributed by atoms with van der Waals surface area (Å²) in [5.41, 5.74) is 0.850. The molecule has 0 radical (unpaired) electrons. The van der Waals surface area contributed by atoms with Gasteiger partial charge >= 0.3 is 0 Å². The van der Waals surface area contributed by atoms with Gasteiger partial charge in [0.15, 0.2) is 11.8 Å². The lowest BCUT2D eigenvalue weighted by atomic mass is 10.0. The van der Waals surface area contributed by atoms with E-state index < -0.39 is 4.92 Å². The van der Waals surface area contributed by atoms with E-state index >= 15 is 0 Å². The second kappa shape index (κ2) is 7.95. The van der Waals surface area contributed by atoms with Crippen LogP contribution >= 0.6 is 0 Å². The SMILES string of the molecule is O=[N+]([O-])c1ccc2c(c1)[C@H]([NH+]1CCOCC1)/C(=C/COc1ccc(F)cc1)O2. The molecule has 28 heavy (non-hydrogen) atoms. The zero-order valence-corrected chi connectivity index (χ0v) is 15.1. The van der Waals surface area contributed by atoms with Crippen LogP contribution in [0.2, 0.25) is 0 Å². The fourth-order valence-electron chi connectivity index (χ4n) is 3.56. The first-order valence-electron chi connectivity index (χ1n) is 9.09. The molecule has 0 saturated carbocycles. The number of morpholine rings is 1. The summed E-state index contributed by atoms with van der Waals surface area (Å²) in [5.74, 6) is 1.56. The number of hydrogen-bond acceptors (Lipinski definition) is 5. The molecule has 1 atom stereocenters. The number of halogens is 1. The smallest absolute Gasteiger partial charge is 0.270 e. The summed E-state index contributed by atoms with van der Waals surface area (Å²) in [5, 5.41) is 11.2. The van der Waals surface area contributed by atoms with Gasteiger partial charge in [-0.2, -0.15) is 0 Å². The third-order valence-corrected chi connectivity index (χ3v) is 4.92. The van der Waals surface area contributed by atoms with Gasteiger partial charge in [-0.05, 0) is 36.4 Å². The number of non-ortho nitro benzene ring substituents is 1. The molecule has 4 rings (SSSR count). The Bertz CT molecular complexity index is 894. The number of quaternary nitrogens is 1. The number of benzene rings is 2. The van der Waals surface area contributed by atoms with E-state index in [0.717, 1.165) is 18.7 Å². The standard InChI is InChI=1S/C20H19FN2O5/c21-14-1-4-16(5-2-14)27-10-7-19-20(22-8-11-26-12-9-22)17-13-15(23(24)25)3-6-18(17)28-19/h1-7,13,20H,8-12H2/p+1/b19-7-/t20-/m0/s1. The third kappa shape index (κ3) is 3.83. The largest absolute Gasteiger partial charge is 0.489 e. The number of hydrogen-bond donors (Lipinski definition) is 1. The Hall–Kier alpha value is -2.97. The van der Waals surface area contributed by atoms with Crippen molar-refractivity contribution in [2.75, 3.05) is 32.9 Å². The lowest BCUT2D eigenvalue weighted by Gasteiger charge is -2.29. The molecule has 8 heteroatoms. The van der Waals surface area contributed by atoms with Crippen LogP contribution in [0, 0.1) is 15.9 Å². The van der Waals surface area contributed by atoms with Crippen molar-refractivity contribution in [3.05, 3.63) is 75.8 Å². The number of nitro groups is 1. The van der Waals surface area contributed by atoms with Crippen LogP contribution in [0.5, 0.6) is 11.5 Å². The average molecular weight is 387 g/mol. The van der Waals surface area contributed by atoms with Crippen molar-refractivity contribution in [2.24, 2.45) is 0 Å². The summed E-state index contributed by atoms with van der Waals surface area (Å²) in [4.78, 5) is 12.0. The first-order valence-corrected chi connectivity index (χ1v) is 9.09. The summed E-state index contributed by atoms with van der Waals surface area (Å²) >= 11 is 0. The molecule has 2 aliphatic heterocycles. The zero-order chi connectivity index (χ0) is 19.5. The summed E-state index contributed by atoms with van der Waals surface area (Å²) in [7, 11) is 0. The molecule has 146 valence electrons. The molecule has 0 amide bonds. The van der Waals surface area contributed by atoms with Crippen molar-refractivity contribution in [3.8, 4) is 11.5 Å². The van der Waals surface area contributed by atoms with Crippen LogP contribution in [0.15, 0.2) is 54.3 Å². The van der Waals surface area contributed by atoms with E-state index in [0.29, 0.717) is 30.5 Å². The Morgan fingerprint density at radius 2 is 1.96 bits per heavy atom. The molecular formula is C20H20FN2O5+.